The van der Waals surface area contributed by atoms with Crippen molar-refractivity contribution >= 4 is 10.0 Å². The minimum atomic E-state index is -3.61. The molecule has 2 heterocycles. The minimum Gasteiger partial charge on any atom is -0.474 e. The van der Waals surface area contributed by atoms with Gasteiger partial charge in [0.1, 0.15) is 16.7 Å². The molecule has 0 aromatic carbocycles. The minimum absolute atomic E-state index is 0.0692. The summed E-state index contributed by atoms with van der Waals surface area (Å²) in [6.07, 6.45) is 4.77. The lowest BCUT2D eigenvalue weighted by Gasteiger charge is -2.28. The van der Waals surface area contributed by atoms with Crippen LogP contribution in [0.25, 0.3) is 0 Å². The van der Waals surface area contributed by atoms with Crippen molar-refractivity contribution in [3.8, 4) is 5.88 Å². The van der Waals surface area contributed by atoms with Gasteiger partial charge in [0, 0.05) is 18.3 Å². The van der Waals surface area contributed by atoms with Crippen LogP contribution >= 0.6 is 0 Å². The van der Waals surface area contributed by atoms with Crippen LogP contribution in [0.15, 0.2) is 33.8 Å². The Morgan fingerprint density at radius 2 is 1.96 bits per heavy atom. The molecule has 2 aromatic rings. The van der Waals surface area contributed by atoms with Gasteiger partial charge in [-0.3, -0.25) is 0 Å². The third kappa shape index (κ3) is 3.76. The Morgan fingerprint density at radius 3 is 2.54 bits per heavy atom. The first kappa shape index (κ1) is 16.9. The summed E-state index contributed by atoms with van der Waals surface area (Å²) < 4.78 is 38.6. The first-order valence-electron chi connectivity index (χ1n) is 7.98. The molecule has 7 nitrogen and oxygen atoms in total. The average Bonchev–Trinajstić information content (AvgIpc) is 2.90. The highest BCUT2D eigenvalue weighted by Gasteiger charge is 2.30. The quantitative estimate of drug-likeness (QED) is 0.888. The lowest BCUT2D eigenvalue weighted by atomic mass is 9.94. The van der Waals surface area contributed by atoms with E-state index in [0.717, 1.165) is 25.7 Å². The Labute approximate surface area is 141 Å². The third-order valence-corrected chi connectivity index (χ3v) is 5.92. The number of aromatic nitrogens is 2. The molecule has 1 aliphatic rings. The topological polar surface area (TPSA) is 94.3 Å². The molecule has 0 amide bonds. The second-order valence-electron chi connectivity index (χ2n) is 6.03. The van der Waals surface area contributed by atoms with E-state index in [1.165, 1.54) is 0 Å². The zero-order valence-corrected chi connectivity index (χ0v) is 14.5. The highest BCUT2D eigenvalue weighted by Crippen LogP contribution is 2.25. The maximum atomic E-state index is 12.5. The fourth-order valence-corrected chi connectivity index (χ4v) is 4.66. The van der Waals surface area contributed by atoms with Crippen molar-refractivity contribution in [2.45, 2.75) is 56.6 Å². The number of ether oxygens (including phenoxy) is 1. The number of rotatable bonds is 5. The second-order valence-corrected chi connectivity index (χ2v) is 7.68. The van der Waals surface area contributed by atoms with Crippen LogP contribution < -0.4 is 9.46 Å². The normalized spacial score (nSPS) is 21.6. The van der Waals surface area contributed by atoms with Crippen LogP contribution in [0.2, 0.25) is 0 Å². The average molecular weight is 351 g/mol. The number of sulfonamides is 1. The first-order chi connectivity index (χ1) is 11.5. The van der Waals surface area contributed by atoms with Gasteiger partial charge in [0.05, 0.1) is 0 Å². The predicted molar refractivity (Wildman–Crippen MR) is 87.2 cm³/mol. The molecule has 0 spiro atoms. The Bertz CT molecular complexity index is 761. The summed E-state index contributed by atoms with van der Waals surface area (Å²) in [5.41, 5.74) is 0.382. The first-order valence-corrected chi connectivity index (χ1v) is 9.47. The zero-order chi connectivity index (χ0) is 17.2. The van der Waals surface area contributed by atoms with E-state index >= 15 is 0 Å². The molecule has 130 valence electrons. The summed E-state index contributed by atoms with van der Waals surface area (Å²) in [6.45, 7) is 3.23. The summed E-state index contributed by atoms with van der Waals surface area (Å²) in [5.74, 6) is 0.921. The molecule has 1 saturated carbocycles. The Morgan fingerprint density at radius 1 is 1.21 bits per heavy atom. The smallest absolute Gasteiger partial charge is 0.246 e. The van der Waals surface area contributed by atoms with Crippen LogP contribution in [0.1, 0.15) is 37.1 Å². The maximum Gasteiger partial charge on any atom is 0.246 e. The van der Waals surface area contributed by atoms with Crippen molar-refractivity contribution < 1.29 is 17.7 Å². The molecular weight excluding hydrogens is 330 g/mol. The molecule has 1 fully saturated rings. The van der Waals surface area contributed by atoms with Crippen LogP contribution in [0, 0.1) is 13.8 Å². The lowest BCUT2D eigenvalue weighted by molar-refractivity contribution is 0.138. The number of hydrogen-bond acceptors (Lipinski definition) is 6. The Kier molecular flexibility index (Phi) is 4.86. The summed E-state index contributed by atoms with van der Waals surface area (Å²) >= 11 is 0. The standard InChI is InChI=1S/C16H21N3O4S/c1-11-16(12(2)23-18-11)24(20,21)19-13-6-8-14(9-7-13)22-15-5-3-4-10-17-15/h3-5,10,13-14,19H,6-9H2,1-2H3. The van der Waals surface area contributed by atoms with Crippen molar-refractivity contribution in [1.29, 1.82) is 0 Å². The molecule has 0 bridgehead atoms. The molecule has 8 heteroatoms. The van der Waals surface area contributed by atoms with Gasteiger partial charge in [-0.05, 0) is 45.6 Å². The van der Waals surface area contributed by atoms with Gasteiger partial charge in [-0.1, -0.05) is 11.2 Å². The molecule has 2 aromatic heterocycles. The monoisotopic (exact) mass is 351 g/mol. The Balaban J connectivity index is 1.57. The van der Waals surface area contributed by atoms with Crippen molar-refractivity contribution in [2.75, 3.05) is 0 Å². The lowest BCUT2D eigenvalue weighted by Crippen LogP contribution is -2.40. The summed E-state index contributed by atoms with van der Waals surface area (Å²) in [5, 5.41) is 3.71. The highest BCUT2D eigenvalue weighted by atomic mass is 32.2. The van der Waals surface area contributed by atoms with Gasteiger partial charge in [0.15, 0.2) is 5.76 Å². The van der Waals surface area contributed by atoms with Gasteiger partial charge in [0.2, 0.25) is 15.9 Å². The number of hydrogen-bond donors (Lipinski definition) is 1. The third-order valence-electron chi connectivity index (χ3n) is 4.16. The van der Waals surface area contributed by atoms with E-state index in [4.69, 9.17) is 9.26 Å². The second kappa shape index (κ2) is 6.90. The van der Waals surface area contributed by atoms with Gasteiger partial charge in [-0.25, -0.2) is 18.1 Å². The molecule has 0 unspecified atom stereocenters. The molecule has 0 radical (unpaired) electrons. The van der Waals surface area contributed by atoms with E-state index < -0.39 is 10.0 Å². The molecular formula is C16H21N3O4S. The fourth-order valence-electron chi connectivity index (χ4n) is 3.02. The largest absolute Gasteiger partial charge is 0.474 e. The Hall–Kier alpha value is -1.93. The van der Waals surface area contributed by atoms with Crippen LogP contribution in [0.4, 0.5) is 0 Å². The van der Waals surface area contributed by atoms with E-state index in [1.54, 1.807) is 20.0 Å². The number of nitrogens with one attached hydrogen (secondary N) is 1. The molecule has 0 aliphatic heterocycles. The van der Waals surface area contributed by atoms with Gasteiger partial charge < -0.3 is 9.26 Å². The number of pyridine rings is 1. The molecule has 0 atom stereocenters. The molecule has 0 saturated heterocycles. The number of aryl methyl sites for hydroxylation is 2. The number of nitrogens with zero attached hydrogens (tertiary/aromatic N) is 2. The summed E-state index contributed by atoms with van der Waals surface area (Å²) in [6, 6.07) is 5.44. The predicted octanol–water partition coefficient (Wildman–Crippen LogP) is 2.35. The van der Waals surface area contributed by atoms with E-state index in [2.05, 4.69) is 14.9 Å². The molecule has 24 heavy (non-hydrogen) atoms. The molecule has 1 aliphatic carbocycles. The van der Waals surface area contributed by atoms with Crippen molar-refractivity contribution in [3.63, 3.8) is 0 Å². The van der Waals surface area contributed by atoms with E-state index in [-0.39, 0.29) is 17.0 Å². The van der Waals surface area contributed by atoms with Crippen LogP contribution in [-0.4, -0.2) is 30.7 Å². The summed E-state index contributed by atoms with van der Waals surface area (Å²) in [7, 11) is -3.61. The van der Waals surface area contributed by atoms with Crippen LogP contribution in [-0.2, 0) is 10.0 Å². The van der Waals surface area contributed by atoms with E-state index in [9.17, 15) is 8.42 Å². The molecule has 1 N–H and O–H groups in total. The summed E-state index contributed by atoms with van der Waals surface area (Å²) in [4.78, 5) is 4.30. The van der Waals surface area contributed by atoms with Crippen LogP contribution in [0.5, 0.6) is 5.88 Å². The van der Waals surface area contributed by atoms with E-state index in [0.29, 0.717) is 17.3 Å². The highest BCUT2D eigenvalue weighted by molar-refractivity contribution is 7.89. The van der Waals surface area contributed by atoms with E-state index in [1.807, 2.05) is 18.2 Å². The maximum absolute atomic E-state index is 12.5. The van der Waals surface area contributed by atoms with Gasteiger partial charge in [-0.15, -0.1) is 0 Å². The SMILES string of the molecule is Cc1noc(C)c1S(=O)(=O)NC1CCC(Oc2ccccn2)CC1. The van der Waals surface area contributed by atoms with Crippen molar-refractivity contribution in [3.05, 3.63) is 35.9 Å². The van der Waals surface area contributed by atoms with Gasteiger partial charge in [-0.2, -0.15) is 0 Å². The molecule has 3 rings (SSSR count). The van der Waals surface area contributed by atoms with Gasteiger partial charge >= 0.3 is 0 Å². The fraction of sp³-hybridized carbons (Fsp3) is 0.500. The van der Waals surface area contributed by atoms with Gasteiger partial charge in [0.25, 0.3) is 0 Å². The van der Waals surface area contributed by atoms with Crippen molar-refractivity contribution in [2.24, 2.45) is 0 Å². The van der Waals surface area contributed by atoms with Crippen molar-refractivity contribution in [1.82, 2.24) is 14.9 Å². The zero-order valence-electron chi connectivity index (χ0n) is 13.7. The van der Waals surface area contributed by atoms with Crippen LogP contribution in [0.3, 0.4) is 0 Å².